The van der Waals surface area contributed by atoms with Gasteiger partial charge in [-0.3, -0.25) is 0 Å². The summed E-state index contributed by atoms with van der Waals surface area (Å²) in [6, 6.07) is 9.64. The molecule has 0 aliphatic heterocycles. The van der Waals surface area contributed by atoms with Crippen molar-refractivity contribution < 1.29 is 5.11 Å². The van der Waals surface area contributed by atoms with Gasteiger partial charge in [-0.05, 0) is 43.2 Å². The molecule has 1 aliphatic carbocycles. The maximum Gasteiger partial charge on any atom is 0.126 e. The highest BCUT2D eigenvalue weighted by Crippen LogP contribution is 2.28. The van der Waals surface area contributed by atoms with Crippen molar-refractivity contribution in [1.29, 1.82) is 0 Å². The van der Waals surface area contributed by atoms with Crippen molar-refractivity contribution in [3.05, 3.63) is 30.3 Å². The van der Waals surface area contributed by atoms with Gasteiger partial charge in [0.2, 0.25) is 0 Å². The Morgan fingerprint density at radius 2 is 1.95 bits per heavy atom. The van der Waals surface area contributed by atoms with Gasteiger partial charge in [0.25, 0.3) is 0 Å². The van der Waals surface area contributed by atoms with Crippen LogP contribution in [-0.2, 0) is 0 Å². The van der Waals surface area contributed by atoms with Gasteiger partial charge in [-0.1, -0.05) is 19.3 Å². The number of anilines is 2. The summed E-state index contributed by atoms with van der Waals surface area (Å²) < 4.78 is 0. The zero-order valence-electron chi connectivity index (χ0n) is 11.6. The number of nitrogen functional groups attached to an aromatic ring is 1. The Kier molecular flexibility index (Phi) is 3.49. The molecule has 106 valence electrons. The van der Waals surface area contributed by atoms with Crippen molar-refractivity contribution in [1.82, 2.24) is 4.98 Å². The molecule has 0 spiro atoms. The molecule has 0 amide bonds. The second-order valence-corrected chi connectivity index (χ2v) is 5.79. The molecule has 1 heterocycles. The Morgan fingerprint density at radius 1 is 1.15 bits per heavy atom. The summed E-state index contributed by atoms with van der Waals surface area (Å²) in [4.78, 5) is 4.55. The molecule has 0 bridgehead atoms. The first kappa shape index (κ1) is 13.2. The lowest BCUT2D eigenvalue weighted by molar-refractivity contribution is 0.0166. The molecule has 20 heavy (non-hydrogen) atoms. The molecule has 0 radical (unpaired) electrons. The second-order valence-electron chi connectivity index (χ2n) is 5.79. The van der Waals surface area contributed by atoms with Gasteiger partial charge in [0.05, 0.1) is 11.1 Å². The van der Waals surface area contributed by atoms with E-state index in [4.69, 9.17) is 5.73 Å². The molecule has 1 aromatic carbocycles. The first-order valence-electron chi connectivity index (χ1n) is 7.27. The van der Waals surface area contributed by atoms with E-state index in [1.54, 1.807) is 0 Å². The summed E-state index contributed by atoms with van der Waals surface area (Å²) in [5.74, 6) is 0.807. The average Bonchev–Trinajstić information content (AvgIpc) is 2.46. The molecule has 0 unspecified atom stereocenters. The van der Waals surface area contributed by atoms with Crippen molar-refractivity contribution >= 4 is 22.4 Å². The monoisotopic (exact) mass is 271 g/mol. The van der Waals surface area contributed by atoms with Crippen LogP contribution in [0.1, 0.15) is 32.1 Å². The Balaban J connectivity index is 1.72. The van der Waals surface area contributed by atoms with E-state index in [2.05, 4.69) is 10.3 Å². The van der Waals surface area contributed by atoms with E-state index >= 15 is 0 Å². The van der Waals surface area contributed by atoms with Crippen molar-refractivity contribution in [2.45, 2.75) is 37.7 Å². The fourth-order valence-electron chi connectivity index (χ4n) is 2.88. The fraction of sp³-hybridized carbons (Fsp3) is 0.438. The molecule has 1 saturated carbocycles. The van der Waals surface area contributed by atoms with Crippen LogP contribution in [-0.4, -0.2) is 22.2 Å². The largest absolute Gasteiger partial charge is 0.399 e. The lowest BCUT2D eigenvalue weighted by Gasteiger charge is -2.32. The number of hydrogen-bond acceptors (Lipinski definition) is 4. The van der Waals surface area contributed by atoms with Crippen LogP contribution in [0.15, 0.2) is 30.3 Å². The minimum Gasteiger partial charge on any atom is -0.399 e. The fourth-order valence-corrected chi connectivity index (χ4v) is 2.88. The molecule has 4 nitrogen and oxygen atoms in total. The quantitative estimate of drug-likeness (QED) is 0.751. The zero-order chi connectivity index (χ0) is 14.0. The molecular weight excluding hydrogens is 250 g/mol. The van der Waals surface area contributed by atoms with Gasteiger partial charge in [-0.15, -0.1) is 0 Å². The molecule has 4 N–H and O–H groups in total. The summed E-state index contributed by atoms with van der Waals surface area (Å²) >= 11 is 0. The van der Waals surface area contributed by atoms with Gasteiger partial charge in [-0.2, -0.15) is 0 Å². The molecular formula is C16H21N3O. The van der Waals surface area contributed by atoms with Gasteiger partial charge in [-0.25, -0.2) is 4.98 Å². The molecule has 4 heteroatoms. The highest BCUT2D eigenvalue weighted by atomic mass is 16.3. The average molecular weight is 271 g/mol. The number of aromatic nitrogens is 1. The van der Waals surface area contributed by atoms with Gasteiger partial charge in [0, 0.05) is 17.6 Å². The van der Waals surface area contributed by atoms with E-state index in [-0.39, 0.29) is 0 Å². The number of rotatable bonds is 3. The third-order valence-electron chi connectivity index (χ3n) is 4.10. The highest BCUT2D eigenvalue weighted by molar-refractivity contribution is 5.83. The van der Waals surface area contributed by atoms with E-state index in [0.29, 0.717) is 6.54 Å². The first-order valence-corrected chi connectivity index (χ1v) is 7.27. The van der Waals surface area contributed by atoms with Crippen LogP contribution in [0, 0.1) is 0 Å². The van der Waals surface area contributed by atoms with E-state index in [9.17, 15) is 5.11 Å². The minimum absolute atomic E-state index is 0.570. The van der Waals surface area contributed by atoms with E-state index in [0.717, 1.165) is 48.1 Å². The predicted octanol–water partition coefficient (Wildman–Crippen LogP) is 2.92. The van der Waals surface area contributed by atoms with Crippen LogP contribution >= 0.6 is 0 Å². The van der Waals surface area contributed by atoms with Gasteiger partial charge >= 0.3 is 0 Å². The summed E-state index contributed by atoms with van der Waals surface area (Å²) in [6.45, 7) is 0.570. The number of fused-ring (bicyclic) bond motifs is 1. The van der Waals surface area contributed by atoms with Gasteiger partial charge in [0.15, 0.2) is 0 Å². The SMILES string of the molecule is Nc1ccc2nc(NCC3(O)CCCCC3)ccc2c1. The molecule has 1 aliphatic rings. The maximum absolute atomic E-state index is 10.5. The predicted molar refractivity (Wildman–Crippen MR) is 82.7 cm³/mol. The molecule has 2 aromatic rings. The Morgan fingerprint density at radius 3 is 2.75 bits per heavy atom. The second kappa shape index (κ2) is 5.29. The summed E-state index contributed by atoms with van der Waals surface area (Å²) in [5, 5.41) is 14.8. The smallest absolute Gasteiger partial charge is 0.126 e. The van der Waals surface area contributed by atoms with Crippen molar-refractivity contribution in [2.24, 2.45) is 0 Å². The Labute approximate surface area is 119 Å². The van der Waals surface area contributed by atoms with Gasteiger partial charge < -0.3 is 16.2 Å². The Bertz CT molecular complexity index is 606. The number of nitrogens with zero attached hydrogens (tertiary/aromatic N) is 1. The molecule has 1 fully saturated rings. The van der Waals surface area contributed by atoms with Crippen LogP contribution < -0.4 is 11.1 Å². The van der Waals surface area contributed by atoms with Crippen LogP contribution in [0.25, 0.3) is 10.9 Å². The third-order valence-corrected chi connectivity index (χ3v) is 4.10. The Hall–Kier alpha value is -1.81. The first-order chi connectivity index (χ1) is 9.65. The number of benzene rings is 1. The maximum atomic E-state index is 10.5. The van der Waals surface area contributed by atoms with Crippen molar-refractivity contribution in [3.8, 4) is 0 Å². The molecule has 3 rings (SSSR count). The topological polar surface area (TPSA) is 71.2 Å². The van der Waals surface area contributed by atoms with E-state index in [1.807, 2.05) is 30.3 Å². The number of nitrogens with one attached hydrogen (secondary N) is 1. The lowest BCUT2D eigenvalue weighted by Crippen LogP contribution is -2.38. The lowest BCUT2D eigenvalue weighted by atomic mass is 9.85. The summed E-state index contributed by atoms with van der Waals surface area (Å²) in [6.07, 6.45) is 5.22. The van der Waals surface area contributed by atoms with E-state index < -0.39 is 5.60 Å². The molecule has 1 aromatic heterocycles. The van der Waals surface area contributed by atoms with Crippen LogP contribution in [0.5, 0.6) is 0 Å². The zero-order valence-corrected chi connectivity index (χ0v) is 11.6. The van der Waals surface area contributed by atoms with E-state index in [1.165, 1.54) is 6.42 Å². The van der Waals surface area contributed by atoms with Crippen molar-refractivity contribution in [2.75, 3.05) is 17.6 Å². The molecule has 0 atom stereocenters. The number of aliphatic hydroxyl groups is 1. The number of hydrogen-bond donors (Lipinski definition) is 3. The standard InChI is InChI=1S/C16H21N3O/c17-13-5-6-14-12(10-13)4-7-15(19-14)18-11-16(20)8-2-1-3-9-16/h4-7,10,20H,1-3,8-9,11,17H2,(H,18,19). The highest BCUT2D eigenvalue weighted by Gasteiger charge is 2.28. The molecule has 0 saturated heterocycles. The third kappa shape index (κ3) is 2.85. The van der Waals surface area contributed by atoms with Crippen LogP contribution in [0.2, 0.25) is 0 Å². The summed E-state index contributed by atoms with van der Waals surface area (Å²) in [5.41, 5.74) is 6.85. The number of pyridine rings is 1. The van der Waals surface area contributed by atoms with Gasteiger partial charge in [0.1, 0.15) is 5.82 Å². The van der Waals surface area contributed by atoms with Crippen molar-refractivity contribution in [3.63, 3.8) is 0 Å². The van der Waals surface area contributed by atoms with Crippen LogP contribution in [0.3, 0.4) is 0 Å². The van der Waals surface area contributed by atoms with Crippen LogP contribution in [0.4, 0.5) is 11.5 Å². The normalized spacial score (nSPS) is 18.1. The minimum atomic E-state index is -0.573. The summed E-state index contributed by atoms with van der Waals surface area (Å²) in [7, 11) is 0. The number of nitrogens with two attached hydrogens (primary N) is 1.